The summed E-state index contributed by atoms with van der Waals surface area (Å²) in [6.45, 7) is 8.83. The standard InChI is InChI=1S/C23H40N4O6S/c1-22(2,15-32-20-8-6-7-13-31-20)18-14-19(33-26-18)24-21(28)23(3,4)25-16-9-11-17(12-10-16)27-34(5,29)30/h14,16-17,20,25,27H,6-13,15H2,1-5H3,(H,24,28). The summed E-state index contributed by atoms with van der Waals surface area (Å²) in [6, 6.07) is 1.82. The van der Waals surface area contributed by atoms with Crippen molar-refractivity contribution in [3.63, 3.8) is 0 Å². The summed E-state index contributed by atoms with van der Waals surface area (Å²) in [4.78, 5) is 13.0. The van der Waals surface area contributed by atoms with Gasteiger partial charge in [-0.05, 0) is 58.8 Å². The highest BCUT2D eigenvalue weighted by Gasteiger charge is 2.34. The predicted octanol–water partition coefficient (Wildman–Crippen LogP) is 2.66. The van der Waals surface area contributed by atoms with Gasteiger partial charge in [0, 0.05) is 30.2 Å². The number of hydrogen-bond donors (Lipinski definition) is 3. The second-order valence-electron chi connectivity index (χ2n) is 10.7. The molecule has 194 valence electrons. The maximum atomic E-state index is 13.0. The van der Waals surface area contributed by atoms with Crippen molar-refractivity contribution in [2.24, 2.45) is 0 Å². The van der Waals surface area contributed by atoms with Gasteiger partial charge in [-0.2, -0.15) is 0 Å². The fourth-order valence-electron chi connectivity index (χ4n) is 4.37. The van der Waals surface area contributed by atoms with E-state index in [1.54, 1.807) is 6.07 Å². The van der Waals surface area contributed by atoms with Crippen LogP contribution in [0.5, 0.6) is 0 Å². The summed E-state index contributed by atoms with van der Waals surface area (Å²) in [5.41, 5.74) is -0.549. The SMILES string of the molecule is CC(C)(NC1CCC(NS(C)(=O)=O)CC1)C(=O)Nc1cc(C(C)(C)COC2CCCCO2)no1. The molecule has 2 aliphatic rings. The first-order valence-electron chi connectivity index (χ1n) is 12.1. The van der Waals surface area contributed by atoms with Crippen LogP contribution in [0.15, 0.2) is 10.6 Å². The maximum absolute atomic E-state index is 13.0. The molecule has 1 aliphatic heterocycles. The summed E-state index contributed by atoms with van der Waals surface area (Å²) in [6.07, 6.45) is 7.12. The molecule has 1 saturated carbocycles. The Morgan fingerprint density at radius 3 is 2.41 bits per heavy atom. The Kier molecular flexibility index (Phi) is 8.78. The molecular formula is C23H40N4O6S. The molecule has 1 atom stereocenters. The van der Waals surface area contributed by atoms with Crippen molar-refractivity contribution < 1.29 is 27.2 Å². The first kappa shape index (κ1) is 27.1. The van der Waals surface area contributed by atoms with Crippen LogP contribution in [0.4, 0.5) is 5.88 Å². The van der Waals surface area contributed by atoms with Gasteiger partial charge in [0.25, 0.3) is 0 Å². The Balaban J connectivity index is 1.49. The molecular weight excluding hydrogens is 460 g/mol. The average Bonchev–Trinajstić information content (AvgIpc) is 3.23. The summed E-state index contributed by atoms with van der Waals surface area (Å²) in [5.74, 6) is 0.0640. The van der Waals surface area contributed by atoms with Gasteiger partial charge in [-0.3, -0.25) is 10.1 Å². The van der Waals surface area contributed by atoms with Crippen LogP contribution >= 0.6 is 0 Å². The van der Waals surface area contributed by atoms with Crippen molar-refractivity contribution >= 4 is 21.8 Å². The fraction of sp³-hybridized carbons (Fsp3) is 0.826. The van der Waals surface area contributed by atoms with Crippen molar-refractivity contribution in [3.8, 4) is 0 Å². The number of hydrogen-bond acceptors (Lipinski definition) is 8. The van der Waals surface area contributed by atoms with Crippen LogP contribution in [0.2, 0.25) is 0 Å². The van der Waals surface area contributed by atoms with E-state index >= 15 is 0 Å². The Hall–Kier alpha value is -1.53. The van der Waals surface area contributed by atoms with Crippen LogP contribution in [-0.4, -0.2) is 62.9 Å². The van der Waals surface area contributed by atoms with Gasteiger partial charge in [0.15, 0.2) is 6.29 Å². The fourth-order valence-corrected chi connectivity index (χ4v) is 5.21. The van der Waals surface area contributed by atoms with Crippen molar-refractivity contribution in [3.05, 3.63) is 11.8 Å². The Morgan fingerprint density at radius 2 is 1.79 bits per heavy atom. The molecule has 11 heteroatoms. The number of carbonyl (C=O) groups is 1. The Morgan fingerprint density at radius 1 is 1.12 bits per heavy atom. The zero-order valence-electron chi connectivity index (χ0n) is 21.0. The highest BCUT2D eigenvalue weighted by molar-refractivity contribution is 7.88. The van der Waals surface area contributed by atoms with Gasteiger partial charge in [0.2, 0.25) is 21.8 Å². The summed E-state index contributed by atoms with van der Waals surface area (Å²) in [5, 5.41) is 10.4. The van der Waals surface area contributed by atoms with E-state index in [2.05, 4.69) is 20.5 Å². The van der Waals surface area contributed by atoms with Gasteiger partial charge in [0.05, 0.1) is 24.1 Å². The maximum Gasteiger partial charge on any atom is 0.246 e. The van der Waals surface area contributed by atoms with E-state index in [-0.39, 0.29) is 30.2 Å². The number of amides is 1. The number of nitrogens with zero attached hydrogens (tertiary/aromatic N) is 1. The molecule has 0 bridgehead atoms. The van der Waals surface area contributed by atoms with Crippen LogP contribution in [-0.2, 0) is 29.7 Å². The summed E-state index contributed by atoms with van der Waals surface area (Å²) >= 11 is 0. The number of rotatable bonds is 10. The topological polar surface area (TPSA) is 132 Å². The minimum Gasteiger partial charge on any atom is -0.353 e. The van der Waals surface area contributed by atoms with E-state index in [4.69, 9.17) is 14.0 Å². The molecule has 3 rings (SSSR count). The third-order valence-electron chi connectivity index (χ3n) is 6.45. The number of anilines is 1. The zero-order valence-corrected chi connectivity index (χ0v) is 21.8. The minimum atomic E-state index is -3.21. The van der Waals surface area contributed by atoms with Gasteiger partial charge in [-0.15, -0.1) is 0 Å². The van der Waals surface area contributed by atoms with E-state index in [1.165, 1.54) is 6.26 Å². The lowest BCUT2D eigenvalue weighted by atomic mass is 9.89. The van der Waals surface area contributed by atoms with Crippen molar-refractivity contribution in [2.75, 3.05) is 24.8 Å². The van der Waals surface area contributed by atoms with Crippen LogP contribution < -0.4 is 15.4 Å². The molecule has 1 amide bonds. The molecule has 3 N–H and O–H groups in total. The van der Waals surface area contributed by atoms with Gasteiger partial charge >= 0.3 is 0 Å². The van der Waals surface area contributed by atoms with E-state index in [1.807, 2.05) is 27.7 Å². The molecule has 0 radical (unpaired) electrons. The van der Waals surface area contributed by atoms with E-state index < -0.39 is 21.0 Å². The second-order valence-corrected chi connectivity index (χ2v) is 12.5. The number of sulfonamides is 1. The third kappa shape index (κ3) is 8.01. The van der Waals surface area contributed by atoms with Crippen LogP contribution in [0.1, 0.15) is 78.3 Å². The van der Waals surface area contributed by atoms with E-state index in [0.717, 1.165) is 51.6 Å². The molecule has 2 fully saturated rings. The van der Waals surface area contributed by atoms with Crippen LogP contribution in [0, 0.1) is 0 Å². The molecule has 1 aromatic rings. The third-order valence-corrected chi connectivity index (χ3v) is 7.21. The number of ether oxygens (including phenoxy) is 2. The molecule has 1 aromatic heterocycles. The van der Waals surface area contributed by atoms with Gasteiger partial charge < -0.3 is 19.3 Å². The minimum absolute atomic E-state index is 0.0467. The highest BCUT2D eigenvalue weighted by atomic mass is 32.2. The van der Waals surface area contributed by atoms with Crippen molar-refractivity contribution in [2.45, 2.75) is 102 Å². The molecule has 34 heavy (non-hydrogen) atoms. The number of aromatic nitrogens is 1. The monoisotopic (exact) mass is 500 g/mol. The first-order valence-corrected chi connectivity index (χ1v) is 14.0. The molecule has 1 saturated heterocycles. The average molecular weight is 501 g/mol. The number of carbonyl (C=O) groups excluding carboxylic acids is 1. The van der Waals surface area contributed by atoms with Crippen molar-refractivity contribution in [1.29, 1.82) is 0 Å². The quantitative estimate of drug-likeness (QED) is 0.447. The molecule has 0 aromatic carbocycles. The molecule has 1 aliphatic carbocycles. The van der Waals surface area contributed by atoms with Gasteiger partial charge in [-0.25, -0.2) is 13.1 Å². The second kappa shape index (κ2) is 11.0. The lowest BCUT2D eigenvalue weighted by molar-refractivity contribution is -0.170. The summed E-state index contributed by atoms with van der Waals surface area (Å²) < 4.78 is 42.5. The lowest BCUT2D eigenvalue weighted by Gasteiger charge is -2.35. The first-order chi connectivity index (χ1) is 15.8. The Labute approximate surface area is 202 Å². The van der Waals surface area contributed by atoms with Crippen LogP contribution in [0.3, 0.4) is 0 Å². The summed E-state index contributed by atoms with van der Waals surface area (Å²) in [7, 11) is -3.21. The predicted molar refractivity (Wildman–Crippen MR) is 129 cm³/mol. The van der Waals surface area contributed by atoms with Gasteiger partial charge in [0.1, 0.15) is 0 Å². The Bertz CT molecular complexity index is 916. The van der Waals surface area contributed by atoms with Gasteiger partial charge in [-0.1, -0.05) is 19.0 Å². The molecule has 1 unspecified atom stereocenters. The normalized spacial score (nSPS) is 24.7. The molecule has 2 heterocycles. The highest BCUT2D eigenvalue weighted by Crippen LogP contribution is 2.27. The van der Waals surface area contributed by atoms with E-state index in [9.17, 15) is 13.2 Å². The van der Waals surface area contributed by atoms with E-state index in [0.29, 0.717) is 12.3 Å². The van der Waals surface area contributed by atoms with Crippen LogP contribution in [0.25, 0.3) is 0 Å². The zero-order chi connectivity index (χ0) is 25.0. The largest absolute Gasteiger partial charge is 0.353 e. The number of nitrogens with one attached hydrogen (secondary N) is 3. The molecule has 10 nitrogen and oxygen atoms in total. The smallest absolute Gasteiger partial charge is 0.246 e. The van der Waals surface area contributed by atoms with Crippen molar-refractivity contribution in [1.82, 2.24) is 15.2 Å². The molecule has 0 spiro atoms. The lowest BCUT2D eigenvalue weighted by Crippen LogP contribution is -2.55.